The molecule has 2 heterocycles. The third-order valence-electron chi connectivity index (χ3n) is 5.99. The number of hydrogen-bond acceptors (Lipinski definition) is 5. The van der Waals surface area contributed by atoms with E-state index in [0.29, 0.717) is 0 Å². The average molecular weight is 423 g/mol. The molecule has 1 unspecified atom stereocenters. The van der Waals surface area contributed by atoms with Gasteiger partial charge in [-0.25, -0.2) is 0 Å². The summed E-state index contributed by atoms with van der Waals surface area (Å²) in [5.41, 5.74) is 0. The number of hydrogen-bond donors (Lipinski definition) is 2. The first kappa shape index (κ1) is 26.9. The molecular weight excluding hydrogens is 372 g/mol. The molecule has 0 radical (unpaired) electrons. The van der Waals surface area contributed by atoms with Gasteiger partial charge in [0, 0.05) is 19.5 Å². The molecule has 30 heavy (non-hydrogen) atoms. The third kappa shape index (κ3) is 14.8. The Hall–Kier alpha value is -1.10. The van der Waals surface area contributed by atoms with Crippen LogP contribution in [0.25, 0.3) is 0 Å². The molecule has 0 fully saturated rings. The van der Waals surface area contributed by atoms with Crippen LogP contribution in [0.1, 0.15) is 117 Å². The molecule has 5 heteroatoms. The van der Waals surface area contributed by atoms with Crippen molar-refractivity contribution in [1.82, 2.24) is 10.2 Å². The summed E-state index contributed by atoms with van der Waals surface area (Å²) in [4.78, 5) is 10.4. The van der Waals surface area contributed by atoms with E-state index in [9.17, 15) is 5.11 Å². The van der Waals surface area contributed by atoms with Crippen LogP contribution >= 0.6 is 0 Å². The van der Waals surface area contributed by atoms with Crippen molar-refractivity contribution >= 4 is 12.2 Å². The fourth-order valence-corrected chi connectivity index (χ4v) is 4.11. The molecule has 2 aliphatic rings. The van der Waals surface area contributed by atoms with Crippen molar-refractivity contribution in [3.05, 3.63) is 0 Å². The molecule has 2 aliphatic heterocycles. The van der Waals surface area contributed by atoms with Gasteiger partial charge in [0.15, 0.2) is 0 Å². The molecule has 5 nitrogen and oxygen atoms in total. The van der Waals surface area contributed by atoms with Crippen LogP contribution in [0.5, 0.6) is 0 Å². The van der Waals surface area contributed by atoms with Crippen molar-refractivity contribution in [2.75, 3.05) is 26.2 Å². The van der Waals surface area contributed by atoms with Gasteiger partial charge in [0.2, 0.25) is 0 Å². The van der Waals surface area contributed by atoms with E-state index in [4.69, 9.17) is 0 Å². The van der Waals surface area contributed by atoms with Crippen LogP contribution in [0.3, 0.4) is 0 Å². The Morgan fingerprint density at radius 3 is 1.80 bits per heavy atom. The highest BCUT2D eigenvalue weighted by Crippen LogP contribution is 2.15. The largest absolute Gasteiger partial charge is 0.375 e. The van der Waals surface area contributed by atoms with Crippen LogP contribution in [0.2, 0.25) is 0 Å². The van der Waals surface area contributed by atoms with Crippen LogP contribution < -0.4 is 5.32 Å². The number of nitrogens with zero attached hydrogens (tertiary/aromatic N) is 3. The van der Waals surface area contributed by atoms with E-state index < -0.39 is 0 Å². The number of rotatable bonds is 17. The second-order valence-electron chi connectivity index (χ2n) is 8.81. The fraction of sp³-hybridized carbons (Fsp3) is 0.920. The summed E-state index contributed by atoms with van der Waals surface area (Å²) in [5.74, 6) is 1.13. The third-order valence-corrected chi connectivity index (χ3v) is 5.99. The van der Waals surface area contributed by atoms with Gasteiger partial charge in [-0.15, -0.1) is 0 Å². The zero-order valence-corrected chi connectivity index (χ0v) is 20.1. The first-order chi connectivity index (χ1) is 14.8. The molecule has 2 rings (SSSR count). The molecule has 0 aromatic heterocycles. The Balaban J connectivity index is 0.000000780. The standard InChI is InChI=1S/C22H44N2O.C3H6N2/c1-3-4-5-6-7-8-9-10-11-12-13-14-15-16-17-18-22-23-19-20-24(22)21(2)25;1-2-5-3-4-1/h21,25H,3-20H2,1-2H3;3H,1-2H2,(H,4,5). The lowest BCUT2D eigenvalue weighted by Gasteiger charge is -2.23. The van der Waals surface area contributed by atoms with E-state index in [2.05, 4.69) is 22.2 Å². The molecule has 0 saturated carbocycles. The smallest absolute Gasteiger partial charge is 0.125 e. The zero-order chi connectivity index (χ0) is 21.7. The van der Waals surface area contributed by atoms with Crippen LogP contribution in [0.4, 0.5) is 0 Å². The normalized spacial score (nSPS) is 16.2. The van der Waals surface area contributed by atoms with Crippen molar-refractivity contribution in [3.8, 4) is 0 Å². The van der Waals surface area contributed by atoms with E-state index in [1.165, 1.54) is 96.3 Å². The van der Waals surface area contributed by atoms with Crippen LogP contribution in [0.15, 0.2) is 9.98 Å². The number of aliphatic hydroxyl groups is 1. The average Bonchev–Trinajstić information content (AvgIpc) is 3.46. The van der Waals surface area contributed by atoms with Crippen LogP contribution in [-0.4, -0.2) is 54.6 Å². The highest BCUT2D eigenvalue weighted by molar-refractivity contribution is 5.83. The fourth-order valence-electron chi connectivity index (χ4n) is 4.11. The number of aliphatic imine (C=N–C) groups is 2. The number of nitrogens with one attached hydrogen (secondary N) is 1. The predicted molar refractivity (Wildman–Crippen MR) is 132 cm³/mol. The van der Waals surface area contributed by atoms with Crippen molar-refractivity contribution < 1.29 is 5.11 Å². The summed E-state index contributed by atoms with van der Waals surface area (Å²) in [6, 6.07) is 0. The van der Waals surface area contributed by atoms with Gasteiger partial charge >= 0.3 is 0 Å². The van der Waals surface area contributed by atoms with E-state index in [0.717, 1.165) is 38.4 Å². The Kier molecular flexibility index (Phi) is 17.8. The molecule has 1 atom stereocenters. The first-order valence-electron chi connectivity index (χ1n) is 13.0. The number of aliphatic hydroxyl groups excluding tert-OH is 1. The van der Waals surface area contributed by atoms with Gasteiger partial charge in [-0.05, 0) is 13.3 Å². The number of unbranched alkanes of at least 4 members (excludes halogenated alkanes) is 14. The van der Waals surface area contributed by atoms with Gasteiger partial charge < -0.3 is 15.3 Å². The van der Waals surface area contributed by atoms with Gasteiger partial charge in [0.25, 0.3) is 0 Å². The molecule has 0 spiro atoms. The first-order valence-corrected chi connectivity index (χ1v) is 13.0. The maximum Gasteiger partial charge on any atom is 0.125 e. The van der Waals surface area contributed by atoms with Crippen LogP contribution in [-0.2, 0) is 0 Å². The van der Waals surface area contributed by atoms with Crippen molar-refractivity contribution in [3.63, 3.8) is 0 Å². The molecule has 0 aromatic rings. The molecule has 176 valence electrons. The van der Waals surface area contributed by atoms with Crippen molar-refractivity contribution in [2.24, 2.45) is 9.98 Å². The molecular formula is C25H50N4O. The Morgan fingerprint density at radius 1 is 0.867 bits per heavy atom. The van der Waals surface area contributed by atoms with E-state index in [1.54, 1.807) is 6.34 Å². The maximum atomic E-state index is 9.69. The minimum atomic E-state index is -0.377. The monoisotopic (exact) mass is 422 g/mol. The summed E-state index contributed by atoms with van der Waals surface area (Å²) in [5, 5.41) is 12.6. The SMILES string of the molecule is C1=NCCN1.CCCCCCCCCCCCCCCCCC1=NCCN1C(C)O. The molecule has 0 aliphatic carbocycles. The van der Waals surface area contributed by atoms with Gasteiger partial charge in [-0.1, -0.05) is 96.8 Å². The highest BCUT2D eigenvalue weighted by atomic mass is 16.3. The van der Waals surface area contributed by atoms with Gasteiger partial charge in [0.1, 0.15) is 12.1 Å². The lowest BCUT2D eigenvalue weighted by molar-refractivity contribution is 0.0766. The Bertz CT molecular complexity index is 431. The summed E-state index contributed by atoms with van der Waals surface area (Å²) in [6.45, 7) is 7.87. The molecule has 0 aromatic carbocycles. The molecule has 0 saturated heterocycles. The second-order valence-corrected chi connectivity index (χ2v) is 8.81. The Morgan fingerprint density at radius 2 is 1.40 bits per heavy atom. The molecule has 0 amide bonds. The summed E-state index contributed by atoms with van der Waals surface area (Å²) in [6.07, 6.45) is 23.5. The Labute approximate surface area is 186 Å². The quantitative estimate of drug-likeness (QED) is 0.286. The van der Waals surface area contributed by atoms with E-state index in [1.807, 2.05) is 11.8 Å². The predicted octanol–water partition coefficient (Wildman–Crippen LogP) is 5.92. The van der Waals surface area contributed by atoms with Gasteiger partial charge in [-0.3, -0.25) is 9.98 Å². The topological polar surface area (TPSA) is 60.2 Å². The lowest BCUT2D eigenvalue weighted by atomic mass is 10.0. The number of amidine groups is 1. The molecule has 2 N–H and O–H groups in total. The summed E-state index contributed by atoms with van der Waals surface area (Å²) >= 11 is 0. The maximum absolute atomic E-state index is 9.69. The van der Waals surface area contributed by atoms with Crippen molar-refractivity contribution in [1.29, 1.82) is 0 Å². The second kappa shape index (κ2) is 19.8. The van der Waals surface area contributed by atoms with Gasteiger partial charge in [-0.2, -0.15) is 0 Å². The highest BCUT2D eigenvalue weighted by Gasteiger charge is 2.19. The van der Waals surface area contributed by atoms with E-state index in [-0.39, 0.29) is 6.23 Å². The lowest BCUT2D eigenvalue weighted by Crippen LogP contribution is -2.35. The summed E-state index contributed by atoms with van der Waals surface area (Å²) < 4.78 is 0. The van der Waals surface area contributed by atoms with Gasteiger partial charge in [0.05, 0.1) is 19.4 Å². The zero-order valence-electron chi connectivity index (χ0n) is 20.1. The van der Waals surface area contributed by atoms with E-state index >= 15 is 0 Å². The van der Waals surface area contributed by atoms with Crippen molar-refractivity contribution in [2.45, 2.75) is 123 Å². The minimum Gasteiger partial charge on any atom is -0.375 e. The molecule has 0 bridgehead atoms. The van der Waals surface area contributed by atoms with Crippen LogP contribution in [0, 0.1) is 0 Å². The minimum absolute atomic E-state index is 0.377. The summed E-state index contributed by atoms with van der Waals surface area (Å²) in [7, 11) is 0.